The predicted octanol–water partition coefficient (Wildman–Crippen LogP) is 5.81. The fourth-order valence-electron chi connectivity index (χ4n) is 3.06. The molecule has 4 rings (SSSR count). The van der Waals surface area contributed by atoms with Gasteiger partial charge in [0.15, 0.2) is 5.11 Å². The maximum Gasteiger partial charge on any atom is 0.248 e. The molecule has 0 atom stereocenters. The Morgan fingerprint density at radius 1 is 0.730 bits per heavy atom. The van der Waals surface area contributed by atoms with Crippen LogP contribution < -0.4 is 26.8 Å². The highest BCUT2D eigenvalue weighted by atomic mass is 79.9. The van der Waals surface area contributed by atoms with Gasteiger partial charge in [-0.15, -0.1) is 0 Å². The average molecular weight is 639 g/mol. The molecule has 0 fully saturated rings. The zero-order valence-corrected chi connectivity index (χ0v) is 23.3. The van der Waals surface area contributed by atoms with Crippen LogP contribution in [0.4, 0.5) is 23.5 Å². The van der Waals surface area contributed by atoms with Crippen molar-refractivity contribution < 1.29 is 0 Å². The number of benzene rings is 3. The first-order valence-electron chi connectivity index (χ1n) is 11.0. The van der Waals surface area contributed by atoms with Gasteiger partial charge >= 0.3 is 0 Å². The summed E-state index contributed by atoms with van der Waals surface area (Å²) in [7, 11) is 0. The van der Waals surface area contributed by atoms with Gasteiger partial charge in [-0.1, -0.05) is 56.1 Å². The van der Waals surface area contributed by atoms with Crippen molar-refractivity contribution >= 4 is 72.7 Å². The topological polar surface area (TPSA) is 123 Å². The molecule has 4 aromatic rings. The molecule has 3 aromatic carbocycles. The zero-order chi connectivity index (χ0) is 26.0. The first-order chi connectivity index (χ1) is 18.0. The van der Waals surface area contributed by atoms with E-state index in [1.54, 1.807) is 24.3 Å². The standard InChI is InChI=1S/C25H21Br2N9S/c26-19-7-1-17(2-8-19)14-29-22-32-23(30-15-18-3-9-20(27)10-4-18)34-24(33-22)35-36-25(37)31-21-11-5-16(13-28)6-12-21/h1-12H,14-15H2,(H2,31,36,37)(H3,29,30,32,33,34,35). The van der Waals surface area contributed by atoms with Gasteiger partial charge in [0.05, 0.1) is 11.6 Å². The number of nitrogens with one attached hydrogen (secondary N) is 5. The fraction of sp³-hybridized carbons (Fsp3) is 0.0800. The third kappa shape index (κ3) is 8.38. The largest absolute Gasteiger partial charge is 0.350 e. The van der Waals surface area contributed by atoms with Crippen molar-refractivity contribution in [1.29, 1.82) is 5.26 Å². The van der Waals surface area contributed by atoms with Crippen LogP contribution in [0.5, 0.6) is 0 Å². The molecule has 0 saturated heterocycles. The Morgan fingerprint density at radius 2 is 1.22 bits per heavy atom. The summed E-state index contributed by atoms with van der Waals surface area (Å²) < 4.78 is 2.03. The molecule has 0 aliphatic carbocycles. The molecule has 0 radical (unpaired) electrons. The molecule has 186 valence electrons. The highest BCUT2D eigenvalue weighted by molar-refractivity contribution is 9.10. The summed E-state index contributed by atoms with van der Waals surface area (Å²) >= 11 is 12.3. The quantitative estimate of drug-likeness (QED) is 0.113. The molecule has 12 heteroatoms. The summed E-state index contributed by atoms with van der Waals surface area (Å²) in [5, 5.41) is 18.8. The molecule has 0 spiro atoms. The van der Waals surface area contributed by atoms with Crippen molar-refractivity contribution in [3.8, 4) is 6.07 Å². The molecule has 0 aliphatic rings. The fourth-order valence-corrected chi connectivity index (χ4v) is 3.76. The van der Waals surface area contributed by atoms with Crippen LogP contribution in [0.3, 0.4) is 0 Å². The van der Waals surface area contributed by atoms with E-state index in [-0.39, 0.29) is 5.95 Å². The predicted molar refractivity (Wildman–Crippen MR) is 157 cm³/mol. The van der Waals surface area contributed by atoms with Crippen molar-refractivity contribution in [3.63, 3.8) is 0 Å². The second-order valence-corrected chi connectivity index (χ2v) is 9.90. The number of rotatable bonds is 9. The van der Waals surface area contributed by atoms with Crippen LogP contribution in [0.1, 0.15) is 16.7 Å². The van der Waals surface area contributed by atoms with Crippen LogP contribution in [-0.4, -0.2) is 20.1 Å². The van der Waals surface area contributed by atoms with E-state index in [1.165, 1.54) is 0 Å². The van der Waals surface area contributed by atoms with Crippen molar-refractivity contribution in [3.05, 3.63) is 98.4 Å². The summed E-state index contributed by atoms with van der Waals surface area (Å²) in [5.74, 6) is 1.06. The smallest absolute Gasteiger partial charge is 0.248 e. The Morgan fingerprint density at radius 3 is 1.70 bits per heavy atom. The van der Waals surface area contributed by atoms with Crippen molar-refractivity contribution in [1.82, 2.24) is 20.4 Å². The molecule has 0 saturated carbocycles. The van der Waals surface area contributed by atoms with E-state index in [4.69, 9.17) is 17.5 Å². The van der Waals surface area contributed by atoms with Gasteiger partial charge in [0.25, 0.3) is 0 Å². The third-order valence-corrected chi connectivity index (χ3v) is 6.18. The van der Waals surface area contributed by atoms with Crippen LogP contribution in [0.15, 0.2) is 81.7 Å². The molecule has 1 aromatic heterocycles. The zero-order valence-electron chi connectivity index (χ0n) is 19.3. The Hall–Kier alpha value is -3.79. The molecule has 37 heavy (non-hydrogen) atoms. The first kappa shape index (κ1) is 26.3. The maximum atomic E-state index is 8.94. The molecule has 9 nitrogen and oxygen atoms in total. The minimum Gasteiger partial charge on any atom is -0.350 e. The molecule has 5 N–H and O–H groups in total. The Labute approximate surface area is 236 Å². The number of hydrazine groups is 1. The summed E-state index contributed by atoms with van der Waals surface area (Å²) in [4.78, 5) is 13.4. The first-order valence-corrected chi connectivity index (χ1v) is 13.0. The Bertz CT molecular complexity index is 1320. The third-order valence-electron chi connectivity index (χ3n) is 4.92. The van der Waals surface area contributed by atoms with Gasteiger partial charge in [0, 0.05) is 27.7 Å². The lowest BCUT2D eigenvalue weighted by Crippen LogP contribution is -2.34. The second kappa shape index (κ2) is 13.0. The van der Waals surface area contributed by atoms with Crippen LogP contribution in [0, 0.1) is 11.3 Å². The van der Waals surface area contributed by atoms with E-state index in [0.717, 1.165) is 25.8 Å². The van der Waals surface area contributed by atoms with E-state index >= 15 is 0 Å². The highest BCUT2D eigenvalue weighted by Crippen LogP contribution is 2.15. The minimum atomic E-state index is 0.274. The minimum absolute atomic E-state index is 0.274. The van der Waals surface area contributed by atoms with E-state index in [1.807, 2.05) is 48.5 Å². The number of anilines is 4. The monoisotopic (exact) mass is 637 g/mol. The van der Waals surface area contributed by atoms with E-state index in [9.17, 15) is 0 Å². The molecule has 0 amide bonds. The van der Waals surface area contributed by atoms with Gasteiger partial charge in [0.2, 0.25) is 17.8 Å². The van der Waals surface area contributed by atoms with Crippen molar-refractivity contribution in [2.24, 2.45) is 0 Å². The van der Waals surface area contributed by atoms with Gasteiger partial charge in [-0.05, 0) is 71.9 Å². The van der Waals surface area contributed by atoms with Gasteiger partial charge in [-0.2, -0.15) is 20.2 Å². The molecular weight excluding hydrogens is 618 g/mol. The van der Waals surface area contributed by atoms with Crippen LogP contribution in [-0.2, 0) is 13.1 Å². The summed E-state index contributed by atoms with van der Waals surface area (Å²) in [6.07, 6.45) is 0. The van der Waals surface area contributed by atoms with Crippen molar-refractivity contribution in [2.45, 2.75) is 13.1 Å². The molecule has 0 aliphatic heterocycles. The van der Waals surface area contributed by atoms with Gasteiger partial charge in [-0.25, -0.2) is 0 Å². The van der Waals surface area contributed by atoms with Crippen LogP contribution in [0.2, 0.25) is 0 Å². The second-order valence-electron chi connectivity index (χ2n) is 7.66. The number of nitrogens with zero attached hydrogens (tertiary/aromatic N) is 4. The summed E-state index contributed by atoms with van der Waals surface area (Å²) in [6.45, 7) is 1.07. The lowest BCUT2D eigenvalue weighted by atomic mass is 10.2. The number of hydrogen-bond acceptors (Lipinski definition) is 8. The number of halogens is 2. The van der Waals surface area contributed by atoms with Gasteiger partial charge in [0.1, 0.15) is 0 Å². The molecule has 0 bridgehead atoms. The number of hydrogen-bond donors (Lipinski definition) is 5. The van der Waals surface area contributed by atoms with Gasteiger partial charge in [-0.3, -0.25) is 10.9 Å². The number of thiocarbonyl (C=S) groups is 1. The lowest BCUT2D eigenvalue weighted by molar-refractivity contribution is 0.954. The number of nitriles is 1. The SMILES string of the molecule is N#Cc1ccc(NC(=S)NNc2nc(NCc3ccc(Br)cc3)nc(NCc3ccc(Br)cc3)n2)cc1. The normalized spacial score (nSPS) is 10.2. The van der Waals surface area contributed by atoms with E-state index < -0.39 is 0 Å². The molecule has 1 heterocycles. The van der Waals surface area contributed by atoms with Crippen LogP contribution in [0.25, 0.3) is 0 Å². The maximum absolute atomic E-state index is 8.94. The van der Waals surface area contributed by atoms with Crippen LogP contribution >= 0.6 is 44.1 Å². The van der Waals surface area contributed by atoms with Crippen molar-refractivity contribution in [2.75, 3.05) is 21.4 Å². The Balaban J connectivity index is 1.43. The highest BCUT2D eigenvalue weighted by Gasteiger charge is 2.08. The van der Waals surface area contributed by atoms with E-state index in [0.29, 0.717) is 35.7 Å². The molecular formula is C25H21Br2N9S. The average Bonchev–Trinajstić information content (AvgIpc) is 2.92. The lowest BCUT2D eigenvalue weighted by Gasteiger charge is -2.14. The Kier molecular flexibility index (Phi) is 9.20. The summed E-state index contributed by atoms with van der Waals surface area (Å²) in [5.41, 5.74) is 9.26. The molecule has 0 unspecified atom stereocenters. The van der Waals surface area contributed by atoms with Gasteiger partial charge < -0.3 is 16.0 Å². The number of aromatic nitrogens is 3. The summed E-state index contributed by atoms with van der Waals surface area (Å²) in [6, 6.07) is 25.0. The van der Waals surface area contributed by atoms with E-state index in [2.05, 4.69) is 79.7 Å².